The van der Waals surface area contributed by atoms with E-state index in [-0.39, 0.29) is 0 Å². The molecule has 0 unspecified atom stereocenters. The van der Waals surface area contributed by atoms with Crippen molar-refractivity contribution < 1.29 is 8.78 Å². The molecule has 2 aliphatic carbocycles. The van der Waals surface area contributed by atoms with E-state index < -0.39 is 17.3 Å². The third kappa shape index (κ3) is 4.09. The van der Waals surface area contributed by atoms with Gasteiger partial charge < -0.3 is 5.73 Å². The van der Waals surface area contributed by atoms with Crippen LogP contribution in [-0.2, 0) is 0 Å². The van der Waals surface area contributed by atoms with Gasteiger partial charge in [-0.25, -0.2) is 8.78 Å². The molecule has 0 radical (unpaired) electrons. The minimum atomic E-state index is -0.700. The van der Waals surface area contributed by atoms with Crippen LogP contribution >= 0.6 is 0 Å². The van der Waals surface area contributed by atoms with Gasteiger partial charge in [-0.1, -0.05) is 44.0 Å². The molecular formula is C25H31F2N. The predicted octanol–water partition coefficient (Wildman–Crippen LogP) is 7.31. The average Bonchev–Trinajstić information content (AvgIpc) is 2.72. The zero-order valence-electron chi connectivity index (χ0n) is 16.8. The van der Waals surface area contributed by atoms with E-state index in [0.29, 0.717) is 11.5 Å². The zero-order chi connectivity index (χ0) is 19.7. The van der Waals surface area contributed by atoms with Crippen LogP contribution in [0.25, 0.3) is 11.1 Å². The Morgan fingerprint density at radius 1 is 0.714 bits per heavy atom. The summed E-state index contributed by atoms with van der Waals surface area (Å²) in [5.74, 6) is 2.02. The van der Waals surface area contributed by atoms with Crippen LogP contribution in [0.15, 0.2) is 36.4 Å². The van der Waals surface area contributed by atoms with Gasteiger partial charge in [-0.05, 0) is 91.0 Å². The molecule has 0 saturated heterocycles. The molecule has 0 bridgehead atoms. The molecule has 0 aromatic heterocycles. The van der Waals surface area contributed by atoms with Gasteiger partial charge in [0.25, 0.3) is 0 Å². The molecule has 3 heteroatoms. The van der Waals surface area contributed by atoms with Gasteiger partial charge in [-0.15, -0.1) is 0 Å². The molecule has 2 aromatic carbocycles. The highest BCUT2D eigenvalue weighted by atomic mass is 19.1. The molecule has 2 aromatic rings. The molecule has 2 saturated carbocycles. The number of nitrogen functional groups attached to an aromatic ring is 1. The Balaban J connectivity index is 1.39. The molecule has 0 heterocycles. The number of benzene rings is 2. The molecule has 2 aliphatic rings. The van der Waals surface area contributed by atoms with E-state index in [9.17, 15) is 8.78 Å². The minimum absolute atomic E-state index is 0.412. The van der Waals surface area contributed by atoms with E-state index in [0.717, 1.165) is 23.3 Å². The van der Waals surface area contributed by atoms with Crippen molar-refractivity contribution in [3.8, 4) is 11.1 Å². The van der Waals surface area contributed by atoms with Gasteiger partial charge in [-0.3, -0.25) is 0 Å². The second-order valence-corrected chi connectivity index (χ2v) is 9.11. The normalized spacial score (nSPS) is 28.2. The highest BCUT2D eigenvalue weighted by molar-refractivity contribution is 5.66. The van der Waals surface area contributed by atoms with Gasteiger partial charge in [-0.2, -0.15) is 0 Å². The molecule has 0 amide bonds. The first-order valence-corrected chi connectivity index (χ1v) is 10.9. The largest absolute Gasteiger partial charge is 0.394 e. The van der Waals surface area contributed by atoms with Crippen molar-refractivity contribution in [1.29, 1.82) is 0 Å². The Morgan fingerprint density at radius 2 is 1.21 bits per heavy atom. The van der Waals surface area contributed by atoms with Gasteiger partial charge in [0, 0.05) is 0 Å². The first-order chi connectivity index (χ1) is 13.5. The second kappa shape index (κ2) is 8.23. The summed E-state index contributed by atoms with van der Waals surface area (Å²) in [7, 11) is 0. The van der Waals surface area contributed by atoms with E-state index in [1.54, 1.807) is 0 Å². The Morgan fingerprint density at radius 3 is 1.75 bits per heavy atom. The monoisotopic (exact) mass is 383 g/mol. The Kier molecular flexibility index (Phi) is 5.70. The highest BCUT2D eigenvalue weighted by Gasteiger charge is 2.30. The average molecular weight is 384 g/mol. The summed E-state index contributed by atoms with van der Waals surface area (Å²) in [6.45, 7) is 2.39. The second-order valence-electron chi connectivity index (χ2n) is 9.11. The Labute approximate surface area is 167 Å². The number of hydrogen-bond donors (Lipinski definition) is 1. The first-order valence-electron chi connectivity index (χ1n) is 10.9. The topological polar surface area (TPSA) is 26.0 Å². The lowest BCUT2D eigenvalue weighted by Gasteiger charge is -2.37. The van der Waals surface area contributed by atoms with Crippen molar-refractivity contribution in [3.63, 3.8) is 0 Å². The van der Waals surface area contributed by atoms with Crippen LogP contribution < -0.4 is 5.73 Å². The van der Waals surface area contributed by atoms with Gasteiger partial charge in [0.1, 0.15) is 17.3 Å². The van der Waals surface area contributed by atoms with E-state index in [1.165, 1.54) is 69.1 Å². The number of hydrogen-bond acceptors (Lipinski definition) is 1. The molecule has 150 valence electrons. The molecule has 0 atom stereocenters. The quantitative estimate of drug-likeness (QED) is 0.552. The molecule has 4 rings (SSSR count). The summed E-state index contributed by atoms with van der Waals surface area (Å²) in [5, 5.41) is 0. The summed E-state index contributed by atoms with van der Waals surface area (Å²) in [4.78, 5) is 0. The maximum Gasteiger partial charge on any atom is 0.149 e. The minimum Gasteiger partial charge on any atom is -0.394 e. The number of nitrogens with two attached hydrogens (primary N) is 1. The van der Waals surface area contributed by atoms with Crippen LogP contribution in [0.1, 0.15) is 69.8 Å². The van der Waals surface area contributed by atoms with E-state index in [4.69, 9.17) is 5.73 Å². The third-order valence-corrected chi connectivity index (χ3v) is 7.29. The van der Waals surface area contributed by atoms with Crippen molar-refractivity contribution in [2.45, 2.75) is 64.2 Å². The van der Waals surface area contributed by atoms with Crippen molar-refractivity contribution in [1.82, 2.24) is 0 Å². The van der Waals surface area contributed by atoms with Crippen molar-refractivity contribution >= 4 is 5.69 Å². The molecule has 0 aliphatic heterocycles. The number of halogens is 2. The fourth-order valence-electron chi connectivity index (χ4n) is 5.38. The van der Waals surface area contributed by atoms with Crippen LogP contribution in [0.3, 0.4) is 0 Å². The fourth-order valence-corrected chi connectivity index (χ4v) is 5.38. The third-order valence-electron chi connectivity index (χ3n) is 7.29. The number of anilines is 1. The maximum atomic E-state index is 13.7. The van der Waals surface area contributed by atoms with Crippen LogP contribution in [0.4, 0.5) is 14.5 Å². The smallest absolute Gasteiger partial charge is 0.149 e. The van der Waals surface area contributed by atoms with Crippen molar-refractivity contribution in [3.05, 3.63) is 53.6 Å². The van der Waals surface area contributed by atoms with Gasteiger partial charge >= 0.3 is 0 Å². The van der Waals surface area contributed by atoms with Crippen LogP contribution in [0.5, 0.6) is 0 Å². The summed E-state index contributed by atoms with van der Waals surface area (Å²) in [6.07, 6.45) is 10.9. The Hall–Kier alpha value is -1.90. The van der Waals surface area contributed by atoms with E-state index in [1.807, 2.05) is 12.1 Å². The van der Waals surface area contributed by atoms with E-state index >= 15 is 0 Å². The Bertz CT molecular complexity index is 775. The summed E-state index contributed by atoms with van der Waals surface area (Å²) in [6, 6.07) is 10.8. The van der Waals surface area contributed by atoms with Crippen LogP contribution in [-0.4, -0.2) is 0 Å². The molecule has 2 N–H and O–H groups in total. The molecule has 0 spiro atoms. The predicted molar refractivity (Wildman–Crippen MR) is 112 cm³/mol. The zero-order valence-corrected chi connectivity index (χ0v) is 16.8. The van der Waals surface area contributed by atoms with Crippen LogP contribution in [0, 0.1) is 29.4 Å². The lowest BCUT2D eigenvalue weighted by molar-refractivity contribution is 0.165. The van der Waals surface area contributed by atoms with Crippen LogP contribution in [0.2, 0.25) is 0 Å². The van der Waals surface area contributed by atoms with Crippen molar-refractivity contribution in [2.75, 3.05) is 5.73 Å². The summed E-state index contributed by atoms with van der Waals surface area (Å²) >= 11 is 0. The summed E-state index contributed by atoms with van der Waals surface area (Å²) in [5.41, 5.74) is 7.68. The lowest BCUT2D eigenvalue weighted by atomic mass is 9.68. The molecular weight excluding hydrogens is 352 g/mol. The SMILES string of the molecule is CC1CCC(C2CCC(c3ccc(-c4cc(F)c(N)c(F)c4)cc3)CC2)CC1. The summed E-state index contributed by atoms with van der Waals surface area (Å²) < 4.78 is 27.5. The lowest BCUT2D eigenvalue weighted by Crippen LogP contribution is -2.24. The number of rotatable bonds is 3. The van der Waals surface area contributed by atoms with Gasteiger partial charge in [0.2, 0.25) is 0 Å². The van der Waals surface area contributed by atoms with Gasteiger partial charge in [0.15, 0.2) is 0 Å². The maximum absolute atomic E-state index is 13.7. The fraction of sp³-hybridized carbons (Fsp3) is 0.520. The molecule has 2 fully saturated rings. The molecule has 1 nitrogen and oxygen atoms in total. The van der Waals surface area contributed by atoms with Crippen molar-refractivity contribution in [2.24, 2.45) is 17.8 Å². The van der Waals surface area contributed by atoms with E-state index in [2.05, 4.69) is 19.1 Å². The molecule has 28 heavy (non-hydrogen) atoms. The van der Waals surface area contributed by atoms with Gasteiger partial charge in [0.05, 0.1) is 0 Å². The standard InChI is InChI=1S/C25H31F2N/c1-16-2-4-17(5-3-16)18-6-8-19(9-7-18)20-10-12-21(13-11-20)22-14-23(26)25(28)24(27)15-22/h10-19H,2-9,28H2,1H3. The first kappa shape index (κ1) is 19.4. The highest BCUT2D eigenvalue weighted by Crippen LogP contribution is 2.44.